The van der Waals surface area contributed by atoms with Gasteiger partial charge in [0, 0.05) is 6.20 Å². The summed E-state index contributed by atoms with van der Waals surface area (Å²) in [5.41, 5.74) is 7.35. The van der Waals surface area contributed by atoms with Crippen molar-refractivity contribution in [2.24, 2.45) is 0 Å². The minimum atomic E-state index is 0. The quantitative estimate of drug-likeness (QED) is 0.738. The van der Waals surface area contributed by atoms with Gasteiger partial charge in [0.25, 0.3) is 0 Å². The van der Waals surface area contributed by atoms with Crippen LogP contribution in [0, 0.1) is 6.92 Å². The second-order valence-corrected chi connectivity index (χ2v) is 3.79. The molecule has 0 atom stereocenters. The van der Waals surface area contributed by atoms with Crippen LogP contribution in [0.25, 0.3) is 0 Å². The molecule has 0 aliphatic rings. The molecule has 0 saturated carbocycles. The van der Waals surface area contributed by atoms with E-state index in [1.165, 1.54) is 0 Å². The van der Waals surface area contributed by atoms with Gasteiger partial charge in [-0.25, -0.2) is 0 Å². The molecule has 0 spiro atoms. The number of nitrogens with zero attached hydrogens (tertiary/aromatic N) is 2. The third kappa shape index (κ3) is 3.44. The highest BCUT2D eigenvalue weighted by molar-refractivity contribution is 5.85. The zero-order valence-corrected chi connectivity index (χ0v) is 10.00. The molecule has 0 fully saturated rings. The third-order valence-electron chi connectivity index (χ3n) is 1.62. The molecule has 78 valence electrons. The SMILES string of the molecule is Cc1nn(C(C)(C)C)cc1N.Cl.Cl. The van der Waals surface area contributed by atoms with Crippen molar-refractivity contribution in [2.75, 3.05) is 5.73 Å². The van der Waals surface area contributed by atoms with E-state index in [1.54, 1.807) is 0 Å². The molecule has 13 heavy (non-hydrogen) atoms. The Kier molecular flexibility index (Phi) is 5.48. The highest BCUT2D eigenvalue weighted by Gasteiger charge is 2.14. The van der Waals surface area contributed by atoms with E-state index in [9.17, 15) is 0 Å². The lowest BCUT2D eigenvalue weighted by atomic mass is 10.1. The van der Waals surface area contributed by atoms with Gasteiger partial charge in [0.15, 0.2) is 0 Å². The van der Waals surface area contributed by atoms with Crippen LogP contribution in [0.3, 0.4) is 0 Å². The first kappa shape index (κ1) is 15.1. The summed E-state index contributed by atoms with van der Waals surface area (Å²) in [6.45, 7) is 8.20. The summed E-state index contributed by atoms with van der Waals surface area (Å²) in [5.74, 6) is 0. The van der Waals surface area contributed by atoms with Crippen LogP contribution in [0.1, 0.15) is 26.5 Å². The first-order chi connectivity index (χ1) is 4.91. The lowest BCUT2D eigenvalue weighted by molar-refractivity contribution is 0.354. The molecule has 0 saturated heterocycles. The maximum Gasteiger partial charge on any atom is 0.0823 e. The molecule has 1 heterocycles. The first-order valence-corrected chi connectivity index (χ1v) is 3.73. The summed E-state index contributed by atoms with van der Waals surface area (Å²) in [4.78, 5) is 0. The highest BCUT2D eigenvalue weighted by Crippen LogP contribution is 2.16. The van der Waals surface area contributed by atoms with Gasteiger partial charge in [-0.15, -0.1) is 24.8 Å². The summed E-state index contributed by atoms with van der Waals surface area (Å²) in [6, 6.07) is 0. The molecule has 0 aromatic carbocycles. The third-order valence-corrected chi connectivity index (χ3v) is 1.62. The van der Waals surface area contributed by atoms with Crippen molar-refractivity contribution in [3.63, 3.8) is 0 Å². The standard InChI is InChI=1S/C8H15N3.2ClH/c1-6-7(9)5-11(10-6)8(2,3)4;;/h5H,9H2,1-4H3;2*1H. The molecular formula is C8H17Cl2N3. The lowest BCUT2D eigenvalue weighted by Crippen LogP contribution is -2.22. The van der Waals surface area contributed by atoms with Crippen molar-refractivity contribution >= 4 is 30.5 Å². The van der Waals surface area contributed by atoms with Gasteiger partial charge in [-0.05, 0) is 27.7 Å². The van der Waals surface area contributed by atoms with Gasteiger partial charge >= 0.3 is 0 Å². The molecule has 0 unspecified atom stereocenters. The van der Waals surface area contributed by atoms with Gasteiger partial charge in [0.2, 0.25) is 0 Å². The number of nitrogen functional groups attached to an aromatic ring is 1. The molecule has 0 amide bonds. The molecule has 1 aromatic rings. The first-order valence-electron chi connectivity index (χ1n) is 3.73. The normalized spacial score (nSPS) is 10.2. The van der Waals surface area contributed by atoms with Gasteiger partial charge < -0.3 is 5.73 Å². The number of aryl methyl sites for hydroxylation is 1. The molecule has 0 aliphatic carbocycles. The fourth-order valence-corrected chi connectivity index (χ4v) is 0.817. The summed E-state index contributed by atoms with van der Waals surface area (Å²) in [7, 11) is 0. The van der Waals surface area contributed by atoms with Crippen molar-refractivity contribution in [1.82, 2.24) is 9.78 Å². The van der Waals surface area contributed by atoms with E-state index in [1.807, 2.05) is 17.8 Å². The van der Waals surface area contributed by atoms with E-state index in [0.717, 1.165) is 11.4 Å². The number of aromatic nitrogens is 2. The average Bonchev–Trinajstić information content (AvgIpc) is 2.11. The second-order valence-electron chi connectivity index (χ2n) is 3.79. The Morgan fingerprint density at radius 3 is 1.92 bits per heavy atom. The monoisotopic (exact) mass is 225 g/mol. The molecule has 0 radical (unpaired) electrons. The number of rotatable bonds is 0. The van der Waals surface area contributed by atoms with Gasteiger partial charge in [0.05, 0.1) is 16.9 Å². The lowest BCUT2D eigenvalue weighted by Gasteiger charge is -2.18. The van der Waals surface area contributed by atoms with E-state index in [4.69, 9.17) is 5.73 Å². The van der Waals surface area contributed by atoms with Crippen LogP contribution < -0.4 is 5.73 Å². The summed E-state index contributed by atoms with van der Waals surface area (Å²) in [6.07, 6.45) is 1.87. The predicted molar refractivity (Wildman–Crippen MR) is 60.9 cm³/mol. The van der Waals surface area contributed by atoms with Crippen molar-refractivity contribution < 1.29 is 0 Å². The Morgan fingerprint density at radius 1 is 1.31 bits per heavy atom. The minimum absolute atomic E-state index is 0. The maximum absolute atomic E-state index is 5.65. The van der Waals surface area contributed by atoms with Gasteiger partial charge in [-0.3, -0.25) is 4.68 Å². The molecule has 0 bridgehead atoms. The van der Waals surface area contributed by atoms with Crippen LogP contribution in [0.4, 0.5) is 5.69 Å². The number of anilines is 1. The van der Waals surface area contributed by atoms with E-state index in [0.29, 0.717) is 0 Å². The molecule has 5 heteroatoms. The molecule has 1 aromatic heterocycles. The van der Waals surface area contributed by atoms with Gasteiger partial charge in [0.1, 0.15) is 0 Å². The van der Waals surface area contributed by atoms with Crippen LogP contribution in [0.15, 0.2) is 6.20 Å². The van der Waals surface area contributed by atoms with Gasteiger partial charge in [-0.2, -0.15) is 5.10 Å². The Labute approximate surface area is 91.5 Å². The zero-order chi connectivity index (χ0) is 8.65. The van der Waals surface area contributed by atoms with Gasteiger partial charge in [-0.1, -0.05) is 0 Å². The van der Waals surface area contributed by atoms with E-state index < -0.39 is 0 Å². The van der Waals surface area contributed by atoms with E-state index in [-0.39, 0.29) is 30.4 Å². The second kappa shape index (κ2) is 4.72. The fourth-order valence-electron chi connectivity index (χ4n) is 0.817. The van der Waals surface area contributed by atoms with Crippen LogP contribution >= 0.6 is 24.8 Å². The zero-order valence-electron chi connectivity index (χ0n) is 8.37. The smallest absolute Gasteiger partial charge is 0.0823 e. The van der Waals surface area contributed by atoms with E-state index >= 15 is 0 Å². The molecule has 3 nitrogen and oxygen atoms in total. The molecule has 1 rings (SSSR count). The summed E-state index contributed by atoms with van der Waals surface area (Å²) in [5, 5.41) is 4.27. The summed E-state index contributed by atoms with van der Waals surface area (Å²) >= 11 is 0. The Hall–Kier alpha value is -0.410. The number of hydrogen-bond donors (Lipinski definition) is 1. The highest BCUT2D eigenvalue weighted by atomic mass is 35.5. The largest absolute Gasteiger partial charge is 0.396 e. The number of nitrogens with two attached hydrogens (primary N) is 1. The maximum atomic E-state index is 5.65. The Morgan fingerprint density at radius 2 is 1.77 bits per heavy atom. The van der Waals surface area contributed by atoms with Crippen molar-refractivity contribution in [1.29, 1.82) is 0 Å². The van der Waals surface area contributed by atoms with E-state index in [2.05, 4.69) is 25.9 Å². The topological polar surface area (TPSA) is 43.8 Å². The molecule has 0 aliphatic heterocycles. The van der Waals surface area contributed by atoms with Crippen molar-refractivity contribution in [3.8, 4) is 0 Å². The minimum Gasteiger partial charge on any atom is -0.396 e. The predicted octanol–water partition coefficient (Wildman–Crippen LogP) is 2.37. The van der Waals surface area contributed by atoms with Crippen LogP contribution in [0.5, 0.6) is 0 Å². The number of hydrogen-bond acceptors (Lipinski definition) is 2. The van der Waals surface area contributed by atoms with Crippen molar-refractivity contribution in [3.05, 3.63) is 11.9 Å². The molecular weight excluding hydrogens is 209 g/mol. The Balaban J connectivity index is 0. The average molecular weight is 226 g/mol. The van der Waals surface area contributed by atoms with Crippen LogP contribution in [-0.2, 0) is 5.54 Å². The van der Waals surface area contributed by atoms with Crippen LogP contribution in [-0.4, -0.2) is 9.78 Å². The van der Waals surface area contributed by atoms with Crippen LogP contribution in [0.2, 0.25) is 0 Å². The van der Waals surface area contributed by atoms with Crippen molar-refractivity contribution in [2.45, 2.75) is 33.2 Å². The molecule has 2 N–H and O–H groups in total. The number of halogens is 2. The Bertz CT molecular complexity index is 243. The summed E-state index contributed by atoms with van der Waals surface area (Å²) < 4.78 is 1.89. The fraction of sp³-hybridized carbons (Fsp3) is 0.625.